The first kappa shape index (κ1) is 26.9. The Bertz CT molecular complexity index is 1880. The summed E-state index contributed by atoms with van der Waals surface area (Å²) in [5.74, 6) is 0.190. The third-order valence-electron chi connectivity index (χ3n) is 9.23. The van der Waals surface area contributed by atoms with Crippen LogP contribution in [0.3, 0.4) is 0 Å². The third kappa shape index (κ3) is 3.45. The number of benzene rings is 5. The molecule has 8 heteroatoms. The highest BCUT2D eigenvalue weighted by Gasteiger charge is 2.40. The highest BCUT2D eigenvalue weighted by molar-refractivity contribution is 7.99. The molecule has 7 rings (SSSR count). The summed E-state index contributed by atoms with van der Waals surface area (Å²) < 4.78 is 0. The average molecular weight is 579 g/mol. The molecule has 0 fully saturated rings. The van der Waals surface area contributed by atoms with Crippen molar-refractivity contribution < 1.29 is 24.3 Å². The predicted octanol–water partition coefficient (Wildman–Crippen LogP) is 6.09. The molecule has 2 aliphatic heterocycles. The molecule has 0 aliphatic carbocycles. The number of nitrogens with zero attached hydrogens (tertiary/aromatic N) is 2. The molecular weight excluding hydrogens is 548 g/mol. The molecule has 0 bridgehead atoms. The van der Waals surface area contributed by atoms with Crippen LogP contribution >= 0.6 is 11.8 Å². The second-order valence-corrected chi connectivity index (χ2v) is 12.6. The van der Waals surface area contributed by atoms with E-state index in [-0.39, 0.29) is 24.3 Å². The zero-order valence-electron chi connectivity index (χ0n) is 23.7. The van der Waals surface area contributed by atoms with Crippen LogP contribution in [-0.4, -0.2) is 69.2 Å². The maximum atomic E-state index is 13.8. The number of aliphatic hydroxyl groups excluding tert-OH is 1. The fourth-order valence-corrected chi connectivity index (χ4v) is 7.53. The summed E-state index contributed by atoms with van der Waals surface area (Å²) in [5, 5.41) is 16.6. The molecule has 7 nitrogen and oxygen atoms in total. The van der Waals surface area contributed by atoms with Crippen LogP contribution in [0.15, 0.2) is 48.5 Å². The Morgan fingerprint density at radius 2 is 1.10 bits per heavy atom. The Balaban J connectivity index is 1.48. The van der Waals surface area contributed by atoms with Gasteiger partial charge in [0.2, 0.25) is 0 Å². The summed E-state index contributed by atoms with van der Waals surface area (Å²) >= 11 is 1.69. The van der Waals surface area contributed by atoms with Gasteiger partial charge in [-0.25, -0.2) is 0 Å². The van der Waals surface area contributed by atoms with Crippen LogP contribution in [0.1, 0.15) is 68.6 Å². The Kier molecular flexibility index (Phi) is 6.26. The fourth-order valence-electron chi connectivity index (χ4n) is 6.93. The molecule has 5 aromatic rings. The molecule has 2 atom stereocenters. The predicted molar refractivity (Wildman–Crippen MR) is 167 cm³/mol. The van der Waals surface area contributed by atoms with Crippen LogP contribution in [0.5, 0.6) is 0 Å². The molecule has 5 aromatic carbocycles. The van der Waals surface area contributed by atoms with Crippen molar-refractivity contribution >= 4 is 78.5 Å². The molecule has 0 radical (unpaired) electrons. The summed E-state index contributed by atoms with van der Waals surface area (Å²) in [6.07, 6.45) is 0.716. The summed E-state index contributed by atoms with van der Waals surface area (Å²) in [6.45, 7) is 6.03. The molecule has 0 saturated carbocycles. The first-order valence-corrected chi connectivity index (χ1v) is 15.6. The van der Waals surface area contributed by atoms with Crippen LogP contribution in [0.2, 0.25) is 0 Å². The van der Waals surface area contributed by atoms with Crippen LogP contribution in [0.4, 0.5) is 0 Å². The highest BCUT2D eigenvalue weighted by Crippen LogP contribution is 2.46. The van der Waals surface area contributed by atoms with Crippen molar-refractivity contribution in [2.24, 2.45) is 5.92 Å². The molecule has 42 heavy (non-hydrogen) atoms. The van der Waals surface area contributed by atoms with Gasteiger partial charge in [-0.2, -0.15) is 11.8 Å². The van der Waals surface area contributed by atoms with Crippen molar-refractivity contribution in [3.63, 3.8) is 0 Å². The van der Waals surface area contributed by atoms with Gasteiger partial charge in [0.05, 0.1) is 12.6 Å². The van der Waals surface area contributed by atoms with E-state index >= 15 is 0 Å². The van der Waals surface area contributed by atoms with Gasteiger partial charge < -0.3 is 5.11 Å². The van der Waals surface area contributed by atoms with E-state index in [1.807, 2.05) is 38.1 Å². The van der Waals surface area contributed by atoms with Gasteiger partial charge >= 0.3 is 0 Å². The normalized spacial score (nSPS) is 16.6. The molecular formula is C34H30N2O5S. The summed E-state index contributed by atoms with van der Waals surface area (Å²) in [5.41, 5.74) is 1.91. The van der Waals surface area contributed by atoms with Gasteiger partial charge in [0.15, 0.2) is 0 Å². The second kappa shape index (κ2) is 9.78. The topological polar surface area (TPSA) is 95.0 Å². The van der Waals surface area contributed by atoms with E-state index in [0.29, 0.717) is 51.7 Å². The van der Waals surface area contributed by atoms with E-state index in [2.05, 4.69) is 6.92 Å². The van der Waals surface area contributed by atoms with Crippen molar-refractivity contribution in [3.05, 3.63) is 70.8 Å². The fraction of sp³-hybridized carbons (Fsp3) is 0.294. The average Bonchev–Trinajstić information content (AvgIpc) is 3.01. The quantitative estimate of drug-likeness (QED) is 0.104. The van der Waals surface area contributed by atoms with E-state index in [0.717, 1.165) is 38.1 Å². The number of hydrogen-bond donors (Lipinski definition) is 1. The maximum absolute atomic E-state index is 13.8. The minimum absolute atomic E-state index is 0.0597. The number of rotatable bonds is 8. The summed E-state index contributed by atoms with van der Waals surface area (Å²) in [4.78, 5) is 57.4. The zero-order valence-corrected chi connectivity index (χ0v) is 24.5. The monoisotopic (exact) mass is 578 g/mol. The minimum Gasteiger partial charge on any atom is -0.394 e. The molecule has 1 N–H and O–H groups in total. The van der Waals surface area contributed by atoms with Gasteiger partial charge in [-0.3, -0.25) is 29.0 Å². The minimum atomic E-state index is -0.613. The Labute approximate surface area is 246 Å². The van der Waals surface area contributed by atoms with Crippen LogP contribution < -0.4 is 0 Å². The number of imide groups is 2. The smallest absolute Gasteiger partial charge is 0.261 e. The number of hydrogen-bond acceptors (Lipinski definition) is 6. The van der Waals surface area contributed by atoms with Gasteiger partial charge in [-0.05, 0) is 68.3 Å². The van der Waals surface area contributed by atoms with Gasteiger partial charge in [0.1, 0.15) is 0 Å². The summed E-state index contributed by atoms with van der Waals surface area (Å²) in [6, 6.07) is 14.2. The van der Waals surface area contributed by atoms with Crippen LogP contribution in [-0.2, 0) is 0 Å². The zero-order chi connectivity index (χ0) is 29.4. The molecule has 0 aromatic heterocycles. The van der Waals surface area contributed by atoms with E-state index < -0.39 is 17.9 Å². The van der Waals surface area contributed by atoms with Gasteiger partial charge in [0, 0.05) is 45.3 Å². The Morgan fingerprint density at radius 1 is 0.667 bits per heavy atom. The lowest BCUT2D eigenvalue weighted by atomic mass is 9.82. The van der Waals surface area contributed by atoms with E-state index in [9.17, 15) is 24.3 Å². The van der Waals surface area contributed by atoms with E-state index in [1.165, 1.54) is 9.80 Å². The Hall–Kier alpha value is -4.01. The molecule has 2 heterocycles. The van der Waals surface area contributed by atoms with Crippen molar-refractivity contribution in [1.82, 2.24) is 9.80 Å². The van der Waals surface area contributed by atoms with Crippen molar-refractivity contribution in [2.45, 2.75) is 33.2 Å². The SMILES string of the molecule is CCSCCN1C(=O)c2ccc3c4ccc5c6c(ccc(c7ccc(c2c37)C1=O)c64)C(=O)N(C(CO)C(C)CC)C5=O. The van der Waals surface area contributed by atoms with Gasteiger partial charge in [-0.1, -0.05) is 51.5 Å². The number of aliphatic hydroxyl groups is 1. The van der Waals surface area contributed by atoms with Crippen molar-refractivity contribution in [3.8, 4) is 0 Å². The van der Waals surface area contributed by atoms with Gasteiger partial charge in [-0.15, -0.1) is 0 Å². The van der Waals surface area contributed by atoms with Crippen LogP contribution in [0.25, 0.3) is 43.1 Å². The van der Waals surface area contributed by atoms with Gasteiger partial charge in [0.25, 0.3) is 23.6 Å². The Morgan fingerprint density at radius 3 is 1.48 bits per heavy atom. The number of carbonyl (C=O) groups excluding carboxylic acids is 4. The number of thioether (sulfide) groups is 1. The number of amides is 4. The molecule has 0 spiro atoms. The molecule has 212 valence electrons. The molecule has 4 amide bonds. The van der Waals surface area contributed by atoms with E-state index in [4.69, 9.17) is 0 Å². The van der Waals surface area contributed by atoms with Crippen LogP contribution in [0, 0.1) is 5.92 Å². The largest absolute Gasteiger partial charge is 0.394 e. The molecule has 2 aliphatic rings. The highest BCUT2D eigenvalue weighted by atomic mass is 32.2. The van der Waals surface area contributed by atoms with E-state index in [1.54, 1.807) is 36.0 Å². The maximum Gasteiger partial charge on any atom is 0.261 e. The number of carbonyl (C=O) groups is 4. The molecule has 2 unspecified atom stereocenters. The van der Waals surface area contributed by atoms with Crippen molar-refractivity contribution in [2.75, 3.05) is 24.7 Å². The van der Waals surface area contributed by atoms with Crippen molar-refractivity contribution in [1.29, 1.82) is 0 Å². The number of fused-ring (bicyclic) bond motifs is 2. The third-order valence-corrected chi connectivity index (χ3v) is 10.1. The summed E-state index contributed by atoms with van der Waals surface area (Å²) in [7, 11) is 0. The lowest BCUT2D eigenvalue weighted by Crippen LogP contribution is -2.51. The first-order valence-electron chi connectivity index (χ1n) is 14.5. The lowest BCUT2D eigenvalue weighted by molar-refractivity contribution is 0.0390. The first-order chi connectivity index (χ1) is 20.3. The molecule has 0 saturated heterocycles. The lowest BCUT2D eigenvalue weighted by Gasteiger charge is -2.36. The standard InChI is InChI=1S/C34H30N2O5S/c1-4-17(3)26(16-37)36-33(40)24-12-8-20-18-6-10-22-29-23(32(39)35(31(22)38)14-15-42-5-2)11-7-19(27(18)29)21-9-13-25(34(36)41)30(24)28(20)21/h6-13,17,26,37H,4-5,14-16H2,1-3H3. The second-order valence-electron chi connectivity index (χ2n) is 11.2.